The van der Waals surface area contributed by atoms with Crippen LogP contribution in [0.4, 0.5) is 5.69 Å². The van der Waals surface area contributed by atoms with Crippen molar-refractivity contribution in [1.29, 1.82) is 0 Å². The molecule has 0 unspecified atom stereocenters. The molecule has 158 valence electrons. The molecular formula is C24H16ClN3O3S. The Labute approximate surface area is 189 Å². The zero-order valence-electron chi connectivity index (χ0n) is 16.6. The molecule has 0 radical (unpaired) electrons. The molecule has 8 heteroatoms. The van der Waals surface area contributed by atoms with E-state index in [1.165, 1.54) is 12.1 Å². The van der Waals surface area contributed by atoms with Crippen molar-refractivity contribution in [2.75, 3.05) is 4.72 Å². The third kappa shape index (κ3) is 3.95. The first kappa shape index (κ1) is 20.2. The smallest absolute Gasteiger partial charge is 0.261 e. The summed E-state index contributed by atoms with van der Waals surface area (Å²) in [6.07, 6.45) is 3.23. The molecule has 0 aliphatic heterocycles. The number of nitrogens with one attached hydrogen (secondary N) is 1. The highest BCUT2D eigenvalue weighted by Gasteiger charge is 2.17. The lowest BCUT2D eigenvalue weighted by Crippen LogP contribution is -2.13. The highest BCUT2D eigenvalue weighted by atomic mass is 35.5. The van der Waals surface area contributed by atoms with Crippen LogP contribution in [0.15, 0.2) is 101 Å². The molecule has 1 N–H and O–H groups in total. The van der Waals surface area contributed by atoms with E-state index in [2.05, 4.69) is 14.7 Å². The second kappa shape index (κ2) is 8.11. The summed E-state index contributed by atoms with van der Waals surface area (Å²) in [5.74, 6) is 0.718. The molecule has 0 atom stereocenters. The van der Waals surface area contributed by atoms with Gasteiger partial charge in [0.25, 0.3) is 10.0 Å². The number of aromatic nitrogens is 2. The van der Waals surface area contributed by atoms with Crippen LogP contribution in [0, 0.1) is 0 Å². The van der Waals surface area contributed by atoms with Crippen LogP contribution in [-0.2, 0) is 10.0 Å². The summed E-state index contributed by atoms with van der Waals surface area (Å²) in [5.41, 5.74) is 3.07. The number of anilines is 1. The van der Waals surface area contributed by atoms with Crippen LogP contribution in [0.5, 0.6) is 0 Å². The van der Waals surface area contributed by atoms with Crippen molar-refractivity contribution in [3.63, 3.8) is 0 Å². The molecule has 0 saturated heterocycles. The number of rotatable bonds is 5. The second-order valence-corrected chi connectivity index (χ2v) is 9.12. The van der Waals surface area contributed by atoms with E-state index in [0.29, 0.717) is 11.3 Å². The van der Waals surface area contributed by atoms with Crippen molar-refractivity contribution < 1.29 is 12.8 Å². The van der Waals surface area contributed by atoms with Crippen LogP contribution >= 0.6 is 11.6 Å². The Balaban J connectivity index is 1.50. The molecule has 3 heterocycles. The van der Waals surface area contributed by atoms with E-state index < -0.39 is 10.0 Å². The first-order chi connectivity index (χ1) is 15.5. The number of halogens is 1. The highest BCUT2D eigenvalue weighted by Crippen LogP contribution is 2.32. The lowest BCUT2D eigenvalue weighted by Gasteiger charge is -2.11. The topological polar surface area (TPSA) is 85.1 Å². The number of hydrogen-bond donors (Lipinski definition) is 1. The normalized spacial score (nSPS) is 11.5. The third-order valence-electron chi connectivity index (χ3n) is 4.90. The van der Waals surface area contributed by atoms with E-state index in [4.69, 9.17) is 16.0 Å². The van der Waals surface area contributed by atoms with Gasteiger partial charge in [-0.1, -0.05) is 60.1 Å². The van der Waals surface area contributed by atoms with E-state index in [1.807, 2.05) is 42.5 Å². The molecule has 0 amide bonds. The lowest BCUT2D eigenvalue weighted by molar-refractivity contribution is 0.601. The number of furan rings is 1. The average Bonchev–Trinajstić information content (AvgIpc) is 3.25. The van der Waals surface area contributed by atoms with Crippen molar-refractivity contribution in [3.05, 3.63) is 96.4 Å². The standard InChI is InChI=1S/C24H16ClN3O3S/c25-23-21(28-32(29,30)20-9-5-2-6-10-20)12-19(14-26-23)18-11-17-13-22(31-24(17)27-15-18)16-7-3-1-4-8-16/h1-15,28H. The minimum atomic E-state index is -3.80. The van der Waals surface area contributed by atoms with E-state index >= 15 is 0 Å². The summed E-state index contributed by atoms with van der Waals surface area (Å²) in [7, 11) is -3.80. The molecular weight excluding hydrogens is 446 g/mol. The number of sulfonamides is 1. The summed E-state index contributed by atoms with van der Waals surface area (Å²) in [6, 6.07) is 23.3. The molecule has 0 bridgehead atoms. The van der Waals surface area contributed by atoms with E-state index in [-0.39, 0.29) is 15.7 Å². The minimum Gasteiger partial charge on any atom is -0.438 e. The Morgan fingerprint density at radius 2 is 1.44 bits per heavy atom. The van der Waals surface area contributed by atoms with Gasteiger partial charge in [-0.05, 0) is 30.3 Å². The van der Waals surface area contributed by atoms with Crippen LogP contribution in [0.25, 0.3) is 33.6 Å². The first-order valence-electron chi connectivity index (χ1n) is 9.68. The zero-order valence-corrected chi connectivity index (χ0v) is 18.1. The van der Waals surface area contributed by atoms with Crippen LogP contribution in [-0.4, -0.2) is 18.4 Å². The monoisotopic (exact) mass is 461 g/mol. The fourth-order valence-electron chi connectivity index (χ4n) is 3.32. The van der Waals surface area contributed by atoms with Gasteiger partial charge >= 0.3 is 0 Å². The number of benzene rings is 2. The number of fused-ring (bicyclic) bond motifs is 1. The Kier molecular flexibility index (Phi) is 5.13. The van der Waals surface area contributed by atoms with Gasteiger partial charge < -0.3 is 4.42 Å². The van der Waals surface area contributed by atoms with Crippen LogP contribution in [0.1, 0.15) is 0 Å². The SMILES string of the molecule is O=S(=O)(Nc1cc(-c2cnc3oc(-c4ccccc4)cc3c2)cnc1Cl)c1ccccc1. The van der Waals surface area contributed by atoms with E-state index in [9.17, 15) is 8.42 Å². The van der Waals surface area contributed by atoms with Crippen molar-refractivity contribution >= 4 is 38.4 Å². The number of hydrogen-bond acceptors (Lipinski definition) is 5. The Morgan fingerprint density at radius 1 is 0.781 bits per heavy atom. The van der Waals surface area contributed by atoms with E-state index in [1.54, 1.807) is 36.7 Å². The number of pyridine rings is 2. The highest BCUT2D eigenvalue weighted by molar-refractivity contribution is 7.92. The molecule has 6 nitrogen and oxygen atoms in total. The van der Waals surface area contributed by atoms with Gasteiger partial charge in [0.1, 0.15) is 5.76 Å². The predicted octanol–water partition coefficient (Wildman–Crippen LogP) is 6.01. The Hall–Kier alpha value is -3.68. The Morgan fingerprint density at radius 3 is 2.19 bits per heavy atom. The summed E-state index contributed by atoms with van der Waals surface area (Å²) >= 11 is 6.17. The summed E-state index contributed by atoms with van der Waals surface area (Å²) in [4.78, 5) is 8.70. The van der Waals surface area contributed by atoms with Crippen molar-refractivity contribution in [1.82, 2.24) is 9.97 Å². The van der Waals surface area contributed by atoms with Crippen molar-refractivity contribution in [2.24, 2.45) is 0 Å². The third-order valence-corrected chi connectivity index (χ3v) is 6.58. The van der Waals surface area contributed by atoms with Crippen molar-refractivity contribution in [3.8, 4) is 22.5 Å². The van der Waals surface area contributed by atoms with E-state index in [0.717, 1.165) is 22.3 Å². The Bertz CT molecular complexity index is 1520. The molecule has 5 aromatic rings. The van der Waals surface area contributed by atoms with Gasteiger partial charge in [-0.2, -0.15) is 0 Å². The van der Waals surface area contributed by atoms with Gasteiger partial charge in [0.15, 0.2) is 5.15 Å². The maximum absolute atomic E-state index is 12.7. The first-order valence-corrected chi connectivity index (χ1v) is 11.5. The molecule has 0 fully saturated rings. The van der Waals surface area contributed by atoms with Gasteiger partial charge in [-0.25, -0.2) is 18.4 Å². The van der Waals surface area contributed by atoms with Gasteiger partial charge in [0.05, 0.1) is 10.6 Å². The van der Waals surface area contributed by atoms with Crippen LogP contribution in [0.3, 0.4) is 0 Å². The van der Waals surface area contributed by atoms with Gasteiger partial charge in [-0.15, -0.1) is 0 Å². The predicted molar refractivity (Wildman–Crippen MR) is 125 cm³/mol. The van der Waals surface area contributed by atoms with Crippen LogP contribution in [0.2, 0.25) is 5.15 Å². The lowest BCUT2D eigenvalue weighted by atomic mass is 10.1. The molecule has 0 aliphatic rings. The van der Waals surface area contributed by atoms with Gasteiger partial charge in [0, 0.05) is 34.5 Å². The maximum atomic E-state index is 12.7. The molecule has 2 aromatic carbocycles. The van der Waals surface area contributed by atoms with Crippen LogP contribution < -0.4 is 4.72 Å². The largest absolute Gasteiger partial charge is 0.438 e. The average molecular weight is 462 g/mol. The molecule has 0 saturated carbocycles. The molecule has 3 aromatic heterocycles. The summed E-state index contributed by atoms with van der Waals surface area (Å²) < 4.78 is 33.8. The quantitative estimate of drug-likeness (QED) is 0.324. The van der Waals surface area contributed by atoms with Gasteiger partial charge in [-0.3, -0.25) is 4.72 Å². The molecule has 5 rings (SSSR count). The molecule has 0 aliphatic carbocycles. The molecule has 32 heavy (non-hydrogen) atoms. The van der Waals surface area contributed by atoms with Crippen molar-refractivity contribution in [2.45, 2.75) is 4.90 Å². The summed E-state index contributed by atoms with van der Waals surface area (Å²) in [6.45, 7) is 0. The zero-order chi connectivity index (χ0) is 22.1. The fourth-order valence-corrected chi connectivity index (χ4v) is 4.60. The second-order valence-electron chi connectivity index (χ2n) is 7.08. The summed E-state index contributed by atoms with van der Waals surface area (Å²) in [5, 5.41) is 0.875. The maximum Gasteiger partial charge on any atom is 0.261 e. The molecule has 0 spiro atoms. The van der Waals surface area contributed by atoms with Gasteiger partial charge in [0.2, 0.25) is 5.71 Å². The minimum absolute atomic E-state index is 0.0527. The number of nitrogens with zero attached hydrogens (tertiary/aromatic N) is 2. The fraction of sp³-hybridized carbons (Fsp3) is 0.